The highest BCUT2D eigenvalue weighted by Gasteiger charge is 2.33. The number of nitrogens with one attached hydrogen (secondary N) is 1. The van der Waals surface area contributed by atoms with Crippen LogP contribution >= 0.6 is 0 Å². The molecule has 1 atom stereocenters. The van der Waals surface area contributed by atoms with Crippen LogP contribution in [0.2, 0.25) is 0 Å². The molecule has 0 aromatic heterocycles. The van der Waals surface area contributed by atoms with E-state index < -0.39 is 0 Å². The lowest BCUT2D eigenvalue weighted by molar-refractivity contribution is 0.163. The van der Waals surface area contributed by atoms with Gasteiger partial charge in [-0.05, 0) is 41.8 Å². The fourth-order valence-corrected chi connectivity index (χ4v) is 3.83. The topological polar surface area (TPSA) is 40.0 Å². The van der Waals surface area contributed by atoms with E-state index in [9.17, 15) is 8.78 Å². The van der Waals surface area contributed by atoms with E-state index in [0.717, 1.165) is 49.3 Å². The van der Waals surface area contributed by atoms with E-state index in [1.807, 2.05) is 0 Å². The summed E-state index contributed by atoms with van der Waals surface area (Å²) in [4.78, 5) is 2.34. The van der Waals surface area contributed by atoms with Gasteiger partial charge in [0, 0.05) is 26.4 Å². The average Bonchev–Trinajstić information content (AvgIpc) is 2.71. The van der Waals surface area contributed by atoms with Gasteiger partial charge in [0.1, 0.15) is 11.6 Å². The van der Waals surface area contributed by atoms with Crippen LogP contribution in [0.4, 0.5) is 8.78 Å². The summed E-state index contributed by atoms with van der Waals surface area (Å²) in [6.45, 7) is 7.99. The number of rotatable bonds is 7. The molecule has 0 spiro atoms. The lowest BCUT2D eigenvalue weighted by atomic mass is 9.92. The molecule has 1 aliphatic heterocycles. The van der Waals surface area contributed by atoms with Gasteiger partial charge >= 0.3 is 0 Å². The van der Waals surface area contributed by atoms with Gasteiger partial charge in [0.25, 0.3) is 0 Å². The minimum Gasteiger partial charge on any atom is -0.314 e. The molecule has 0 radical (unpaired) electrons. The Morgan fingerprint density at radius 2 is 1.68 bits per heavy atom. The highest BCUT2D eigenvalue weighted by atomic mass is 19.1. The van der Waals surface area contributed by atoms with Gasteiger partial charge in [0.2, 0.25) is 0 Å². The van der Waals surface area contributed by atoms with Crippen molar-refractivity contribution in [1.82, 2.24) is 10.2 Å². The van der Waals surface area contributed by atoms with Crippen molar-refractivity contribution in [2.24, 2.45) is 10.2 Å². The zero-order valence-corrected chi connectivity index (χ0v) is 16.1. The van der Waals surface area contributed by atoms with Crippen molar-refractivity contribution < 1.29 is 8.78 Å². The monoisotopic (exact) mass is 384 g/mol. The Hall–Kier alpha value is -2.44. The molecule has 0 bridgehead atoms. The molecule has 1 unspecified atom stereocenters. The van der Waals surface area contributed by atoms with Crippen molar-refractivity contribution in [2.75, 3.05) is 19.6 Å². The van der Waals surface area contributed by atoms with E-state index >= 15 is 0 Å². The molecule has 1 fully saturated rings. The molecule has 6 heteroatoms. The number of nitrogens with zero attached hydrogens (tertiary/aromatic N) is 3. The van der Waals surface area contributed by atoms with Gasteiger partial charge in [-0.25, -0.2) is 8.78 Å². The Morgan fingerprint density at radius 3 is 2.18 bits per heavy atom. The van der Waals surface area contributed by atoms with Crippen molar-refractivity contribution in [2.45, 2.75) is 31.8 Å². The maximum absolute atomic E-state index is 13.5. The average molecular weight is 384 g/mol. The molecule has 3 rings (SSSR count). The maximum Gasteiger partial charge on any atom is 0.123 e. The number of benzene rings is 2. The standard InChI is InChI=1S/C22H26F2N4/c1-3-4-20(27-25-2)21-15-26-13-14-28(21)22(16-5-9-18(23)10-6-16)17-7-11-19(24)12-8-17/h5-12,21-22,26H,2-4,13-15H2,1H3/b27-20+. The van der Waals surface area contributed by atoms with Gasteiger partial charge in [-0.2, -0.15) is 10.2 Å². The van der Waals surface area contributed by atoms with Crippen molar-refractivity contribution in [3.8, 4) is 0 Å². The Morgan fingerprint density at radius 1 is 1.11 bits per heavy atom. The first-order valence-electron chi connectivity index (χ1n) is 9.64. The van der Waals surface area contributed by atoms with Crippen LogP contribution in [-0.2, 0) is 0 Å². The fourth-order valence-electron chi connectivity index (χ4n) is 3.83. The van der Waals surface area contributed by atoms with E-state index in [2.05, 4.69) is 34.1 Å². The van der Waals surface area contributed by atoms with Crippen molar-refractivity contribution in [3.05, 3.63) is 71.3 Å². The third-order valence-electron chi connectivity index (χ3n) is 5.08. The summed E-state index contributed by atoms with van der Waals surface area (Å²) in [5, 5.41) is 11.5. The van der Waals surface area contributed by atoms with Crippen LogP contribution in [0.5, 0.6) is 0 Å². The predicted octanol–water partition coefficient (Wildman–Crippen LogP) is 4.18. The second kappa shape index (κ2) is 9.66. The van der Waals surface area contributed by atoms with E-state index in [1.165, 1.54) is 24.3 Å². The Balaban J connectivity index is 2.06. The molecule has 0 saturated carbocycles. The van der Waals surface area contributed by atoms with Crippen LogP contribution in [0, 0.1) is 11.6 Å². The van der Waals surface area contributed by atoms with Crippen LogP contribution in [0.25, 0.3) is 0 Å². The van der Waals surface area contributed by atoms with Gasteiger partial charge < -0.3 is 5.32 Å². The summed E-state index contributed by atoms with van der Waals surface area (Å²) in [5.41, 5.74) is 2.89. The summed E-state index contributed by atoms with van der Waals surface area (Å²) in [6, 6.07) is 12.9. The van der Waals surface area contributed by atoms with E-state index in [4.69, 9.17) is 0 Å². The zero-order chi connectivity index (χ0) is 19.9. The SMILES string of the molecule is C=N/N=C(\CCC)C1CNCCN1C(c1ccc(F)cc1)c1ccc(F)cc1. The first-order valence-corrected chi connectivity index (χ1v) is 9.64. The summed E-state index contributed by atoms with van der Waals surface area (Å²) in [6.07, 6.45) is 1.78. The third kappa shape index (κ3) is 4.69. The lowest BCUT2D eigenvalue weighted by Crippen LogP contribution is -2.56. The quantitative estimate of drug-likeness (QED) is 0.575. The molecule has 4 nitrogen and oxygen atoms in total. The Labute approximate surface area is 165 Å². The number of piperazine rings is 1. The smallest absolute Gasteiger partial charge is 0.123 e. The minimum atomic E-state index is -0.275. The lowest BCUT2D eigenvalue weighted by Gasteiger charge is -2.42. The summed E-state index contributed by atoms with van der Waals surface area (Å²) >= 11 is 0. The molecule has 28 heavy (non-hydrogen) atoms. The molecule has 2 aromatic rings. The van der Waals surface area contributed by atoms with Crippen molar-refractivity contribution in [1.29, 1.82) is 0 Å². The van der Waals surface area contributed by atoms with Gasteiger partial charge in [0.15, 0.2) is 0 Å². The number of halogens is 2. The molecule has 1 aliphatic rings. The first-order chi connectivity index (χ1) is 13.6. The molecule has 1 heterocycles. The molecular formula is C22H26F2N4. The van der Waals surface area contributed by atoms with Crippen molar-refractivity contribution in [3.63, 3.8) is 0 Å². The summed E-state index contributed by atoms with van der Waals surface area (Å²) in [5.74, 6) is -0.551. The molecule has 0 aliphatic carbocycles. The number of hydrogen-bond acceptors (Lipinski definition) is 4. The van der Waals surface area contributed by atoms with Crippen LogP contribution < -0.4 is 5.32 Å². The highest BCUT2D eigenvalue weighted by Crippen LogP contribution is 2.32. The second-order valence-electron chi connectivity index (χ2n) is 6.95. The molecule has 1 N–H and O–H groups in total. The molecule has 148 valence electrons. The Kier molecular flexibility index (Phi) is 7.01. The molecule has 0 amide bonds. The van der Waals surface area contributed by atoms with Crippen LogP contribution in [0.1, 0.15) is 36.9 Å². The van der Waals surface area contributed by atoms with E-state index in [1.54, 1.807) is 24.3 Å². The van der Waals surface area contributed by atoms with Crippen molar-refractivity contribution >= 4 is 12.4 Å². The van der Waals surface area contributed by atoms with Gasteiger partial charge in [-0.1, -0.05) is 37.6 Å². The molecule has 1 saturated heterocycles. The minimum absolute atomic E-state index is 0.0271. The van der Waals surface area contributed by atoms with E-state index in [0.29, 0.717) is 0 Å². The normalized spacial score (nSPS) is 18.4. The number of hydrogen-bond donors (Lipinski definition) is 1. The van der Waals surface area contributed by atoms with Crippen LogP contribution in [0.15, 0.2) is 58.7 Å². The first kappa shape index (κ1) is 20.3. The van der Waals surface area contributed by atoms with Crippen LogP contribution in [0.3, 0.4) is 0 Å². The highest BCUT2D eigenvalue weighted by molar-refractivity contribution is 5.90. The molecular weight excluding hydrogens is 358 g/mol. The van der Waals surface area contributed by atoms with Gasteiger partial charge in [-0.15, -0.1) is 0 Å². The molecule has 2 aromatic carbocycles. The maximum atomic E-state index is 13.5. The van der Waals surface area contributed by atoms with Gasteiger partial charge in [0.05, 0.1) is 17.8 Å². The summed E-state index contributed by atoms with van der Waals surface area (Å²) in [7, 11) is 0. The third-order valence-corrected chi connectivity index (χ3v) is 5.08. The van der Waals surface area contributed by atoms with Crippen LogP contribution in [-0.4, -0.2) is 43.0 Å². The van der Waals surface area contributed by atoms with Gasteiger partial charge in [-0.3, -0.25) is 4.90 Å². The predicted molar refractivity (Wildman–Crippen MR) is 110 cm³/mol. The van der Waals surface area contributed by atoms with E-state index in [-0.39, 0.29) is 23.7 Å². The summed E-state index contributed by atoms with van der Waals surface area (Å²) < 4.78 is 27.1. The largest absolute Gasteiger partial charge is 0.314 e. The second-order valence-corrected chi connectivity index (χ2v) is 6.95. The Bertz CT molecular complexity index is 757. The zero-order valence-electron chi connectivity index (χ0n) is 16.1. The fraction of sp³-hybridized carbons (Fsp3) is 0.364.